The summed E-state index contributed by atoms with van der Waals surface area (Å²) in [4.78, 5) is 2.72. The third-order valence-corrected chi connectivity index (χ3v) is 5.25. The summed E-state index contributed by atoms with van der Waals surface area (Å²) in [6.07, 6.45) is 12.8. The topological polar surface area (TPSA) is 29.3 Å². The molecule has 18 heavy (non-hydrogen) atoms. The average Bonchev–Trinajstić information content (AvgIpc) is 2.43. The van der Waals surface area contributed by atoms with Gasteiger partial charge in [-0.15, -0.1) is 0 Å². The van der Waals surface area contributed by atoms with Gasteiger partial charge in [-0.1, -0.05) is 39.0 Å². The number of nitrogens with two attached hydrogens (primary N) is 1. The van der Waals surface area contributed by atoms with Gasteiger partial charge in [0.25, 0.3) is 0 Å². The zero-order chi connectivity index (χ0) is 12.8. The first-order valence-electron chi connectivity index (χ1n) is 8.29. The normalized spacial score (nSPS) is 26.3. The Morgan fingerprint density at radius 2 is 1.72 bits per heavy atom. The number of hydrogen-bond acceptors (Lipinski definition) is 2. The molecule has 0 aromatic carbocycles. The summed E-state index contributed by atoms with van der Waals surface area (Å²) in [5.41, 5.74) is 6.09. The van der Waals surface area contributed by atoms with Crippen molar-refractivity contribution in [2.45, 2.75) is 70.8 Å². The van der Waals surface area contributed by atoms with Gasteiger partial charge in [-0.2, -0.15) is 0 Å². The van der Waals surface area contributed by atoms with Gasteiger partial charge in [0, 0.05) is 12.6 Å². The van der Waals surface area contributed by atoms with E-state index in [1.54, 1.807) is 0 Å². The van der Waals surface area contributed by atoms with E-state index in [0.717, 1.165) is 18.4 Å². The van der Waals surface area contributed by atoms with Crippen LogP contribution in [0.25, 0.3) is 0 Å². The maximum absolute atomic E-state index is 6.09. The first-order chi connectivity index (χ1) is 8.85. The Morgan fingerprint density at radius 3 is 2.28 bits per heavy atom. The minimum absolute atomic E-state index is 0.688. The Labute approximate surface area is 113 Å². The summed E-state index contributed by atoms with van der Waals surface area (Å²) in [5.74, 6) is 1.89. The minimum Gasteiger partial charge on any atom is -0.329 e. The standard InChI is InChI=1S/C16H32N2/c1-2-6-14-9-11-18(12-10-14)16(13-17)15-7-4-3-5-8-15/h14-16H,2-13,17H2,1H3. The fraction of sp³-hybridized carbons (Fsp3) is 1.00. The zero-order valence-electron chi connectivity index (χ0n) is 12.2. The van der Waals surface area contributed by atoms with Crippen LogP contribution < -0.4 is 5.73 Å². The molecule has 106 valence electrons. The van der Waals surface area contributed by atoms with Crippen molar-refractivity contribution in [1.82, 2.24) is 4.90 Å². The maximum Gasteiger partial charge on any atom is 0.0246 e. The first-order valence-corrected chi connectivity index (χ1v) is 8.29. The molecule has 0 amide bonds. The van der Waals surface area contributed by atoms with Crippen molar-refractivity contribution >= 4 is 0 Å². The molecule has 0 spiro atoms. The second kappa shape index (κ2) is 7.49. The summed E-state index contributed by atoms with van der Waals surface area (Å²) >= 11 is 0. The molecule has 1 aliphatic heterocycles. The molecule has 2 fully saturated rings. The molecule has 1 atom stereocenters. The maximum atomic E-state index is 6.09. The molecule has 1 saturated heterocycles. The predicted molar refractivity (Wildman–Crippen MR) is 78.6 cm³/mol. The van der Waals surface area contributed by atoms with Gasteiger partial charge in [-0.05, 0) is 50.6 Å². The van der Waals surface area contributed by atoms with E-state index in [9.17, 15) is 0 Å². The Kier molecular flexibility index (Phi) is 5.97. The van der Waals surface area contributed by atoms with Crippen molar-refractivity contribution < 1.29 is 0 Å². The van der Waals surface area contributed by atoms with Crippen LogP contribution in [0, 0.1) is 11.8 Å². The highest BCUT2D eigenvalue weighted by molar-refractivity contribution is 4.85. The largest absolute Gasteiger partial charge is 0.329 e. The van der Waals surface area contributed by atoms with Gasteiger partial charge in [0.05, 0.1) is 0 Å². The van der Waals surface area contributed by atoms with Crippen LogP contribution >= 0.6 is 0 Å². The molecular formula is C16H32N2. The zero-order valence-corrected chi connectivity index (χ0v) is 12.2. The van der Waals surface area contributed by atoms with E-state index >= 15 is 0 Å². The Hall–Kier alpha value is -0.0800. The van der Waals surface area contributed by atoms with Crippen molar-refractivity contribution in [2.75, 3.05) is 19.6 Å². The van der Waals surface area contributed by atoms with Crippen LogP contribution in [0.15, 0.2) is 0 Å². The molecule has 2 heteroatoms. The van der Waals surface area contributed by atoms with Crippen molar-refractivity contribution in [3.63, 3.8) is 0 Å². The van der Waals surface area contributed by atoms with Crippen LogP contribution in [0.1, 0.15) is 64.7 Å². The lowest BCUT2D eigenvalue weighted by Crippen LogP contribution is -2.49. The monoisotopic (exact) mass is 252 g/mol. The lowest BCUT2D eigenvalue weighted by Gasteiger charge is -2.42. The summed E-state index contributed by atoms with van der Waals surface area (Å²) in [5, 5.41) is 0. The smallest absolute Gasteiger partial charge is 0.0246 e. The van der Waals surface area contributed by atoms with Crippen LogP contribution in [0.4, 0.5) is 0 Å². The molecule has 0 bridgehead atoms. The molecule has 1 aliphatic carbocycles. The molecule has 1 unspecified atom stereocenters. The highest BCUT2D eigenvalue weighted by Crippen LogP contribution is 2.31. The van der Waals surface area contributed by atoms with Crippen molar-refractivity contribution in [2.24, 2.45) is 17.6 Å². The molecular weight excluding hydrogens is 220 g/mol. The Bertz CT molecular complexity index is 215. The number of hydrogen-bond donors (Lipinski definition) is 1. The van der Waals surface area contributed by atoms with Crippen molar-refractivity contribution in [3.05, 3.63) is 0 Å². The molecule has 2 nitrogen and oxygen atoms in total. The van der Waals surface area contributed by atoms with Gasteiger partial charge in [-0.3, -0.25) is 4.90 Å². The molecule has 2 N–H and O–H groups in total. The van der Waals surface area contributed by atoms with Gasteiger partial charge in [0.1, 0.15) is 0 Å². The predicted octanol–water partition coefficient (Wildman–Crippen LogP) is 3.41. The summed E-state index contributed by atoms with van der Waals surface area (Å²) in [7, 11) is 0. The number of likely N-dealkylation sites (tertiary alicyclic amines) is 1. The third-order valence-electron chi connectivity index (χ3n) is 5.25. The van der Waals surface area contributed by atoms with Gasteiger partial charge in [-0.25, -0.2) is 0 Å². The van der Waals surface area contributed by atoms with Gasteiger partial charge in [0.2, 0.25) is 0 Å². The Balaban J connectivity index is 1.81. The average molecular weight is 252 g/mol. The van der Waals surface area contributed by atoms with E-state index in [1.807, 2.05) is 0 Å². The molecule has 2 aliphatic rings. The van der Waals surface area contributed by atoms with Gasteiger partial charge in [0.15, 0.2) is 0 Å². The van der Waals surface area contributed by atoms with Crippen LogP contribution in [-0.4, -0.2) is 30.6 Å². The lowest BCUT2D eigenvalue weighted by molar-refractivity contribution is 0.0815. The summed E-state index contributed by atoms with van der Waals surface area (Å²) in [6.45, 7) is 5.81. The van der Waals surface area contributed by atoms with Crippen LogP contribution in [0.3, 0.4) is 0 Å². The van der Waals surface area contributed by atoms with Crippen LogP contribution in [0.5, 0.6) is 0 Å². The third kappa shape index (κ3) is 3.71. The van der Waals surface area contributed by atoms with E-state index in [2.05, 4.69) is 11.8 Å². The van der Waals surface area contributed by atoms with E-state index in [0.29, 0.717) is 6.04 Å². The number of rotatable bonds is 5. The van der Waals surface area contributed by atoms with Crippen molar-refractivity contribution in [3.8, 4) is 0 Å². The molecule has 1 heterocycles. The lowest BCUT2D eigenvalue weighted by atomic mass is 9.82. The Morgan fingerprint density at radius 1 is 1.06 bits per heavy atom. The highest BCUT2D eigenvalue weighted by Gasteiger charge is 2.30. The molecule has 0 aromatic heterocycles. The van der Waals surface area contributed by atoms with E-state index in [4.69, 9.17) is 5.73 Å². The van der Waals surface area contributed by atoms with Crippen LogP contribution in [0.2, 0.25) is 0 Å². The van der Waals surface area contributed by atoms with Gasteiger partial charge < -0.3 is 5.73 Å². The molecule has 1 saturated carbocycles. The second-order valence-electron chi connectivity index (χ2n) is 6.47. The fourth-order valence-electron chi connectivity index (χ4n) is 4.14. The van der Waals surface area contributed by atoms with Gasteiger partial charge >= 0.3 is 0 Å². The number of nitrogens with zero attached hydrogens (tertiary/aromatic N) is 1. The SMILES string of the molecule is CCCC1CCN(C(CN)C2CCCCC2)CC1. The second-order valence-corrected chi connectivity index (χ2v) is 6.47. The minimum atomic E-state index is 0.688. The molecule has 0 aromatic rings. The van der Waals surface area contributed by atoms with E-state index in [1.165, 1.54) is 70.9 Å². The van der Waals surface area contributed by atoms with E-state index in [-0.39, 0.29) is 0 Å². The van der Waals surface area contributed by atoms with Crippen LogP contribution in [-0.2, 0) is 0 Å². The summed E-state index contributed by atoms with van der Waals surface area (Å²) < 4.78 is 0. The first kappa shape index (κ1) is 14.3. The molecule has 0 radical (unpaired) electrons. The molecule has 2 rings (SSSR count). The van der Waals surface area contributed by atoms with E-state index < -0.39 is 0 Å². The fourth-order valence-corrected chi connectivity index (χ4v) is 4.14. The quantitative estimate of drug-likeness (QED) is 0.812. The highest BCUT2D eigenvalue weighted by atomic mass is 15.2. The van der Waals surface area contributed by atoms with Crippen molar-refractivity contribution in [1.29, 1.82) is 0 Å². The summed E-state index contributed by atoms with van der Waals surface area (Å²) in [6, 6.07) is 0.688. The number of piperidine rings is 1.